The van der Waals surface area contributed by atoms with Crippen molar-refractivity contribution in [2.24, 2.45) is 0 Å². The van der Waals surface area contributed by atoms with Gasteiger partial charge in [-0.1, -0.05) is 0 Å². The number of aromatic nitrogens is 2. The minimum Gasteiger partial charge on any atom is -0.423 e. The molecule has 0 aromatic carbocycles. The van der Waals surface area contributed by atoms with Gasteiger partial charge < -0.3 is 14.4 Å². The zero-order chi connectivity index (χ0) is 8.55. The lowest BCUT2D eigenvalue weighted by atomic mass is 9.81. The molecule has 60 valence electrons. The van der Waals surface area contributed by atoms with Crippen molar-refractivity contribution < 1.29 is 10.0 Å². The number of pyridine rings is 1. The molecule has 5 heteroatoms. The van der Waals surface area contributed by atoms with Gasteiger partial charge in [-0.2, -0.15) is 0 Å². The first-order valence-corrected chi connectivity index (χ1v) is 3.56. The number of hydrogen-bond donors (Lipinski definition) is 2. The summed E-state index contributed by atoms with van der Waals surface area (Å²) < 4.78 is 1.80. The standard InChI is InChI=1S/C7H7BN2O2/c11-8(12)6-1-3-10-4-2-9-7(10)5-6/h1-5,11-12H. The highest BCUT2D eigenvalue weighted by Crippen LogP contribution is 1.96. The Balaban J connectivity index is 2.60. The molecule has 0 unspecified atom stereocenters. The summed E-state index contributed by atoms with van der Waals surface area (Å²) >= 11 is 0. The van der Waals surface area contributed by atoms with Gasteiger partial charge in [-0.3, -0.25) is 0 Å². The Morgan fingerprint density at radius 2 is 2.17 bits per heavy atom. The lowest BCUT2D eigenvalue weighted by molar-refractivity contribution is 0.426. The summed E-state index contributed by atoms with van der Waals surface area (Å²) in [5, 5.41) is 17.7. The van der Waals surface area contributed by atoms with E-state index in [0.717, 1.165) is 0 Å². The molecule has 2 rings (SSSR count). The highest BCUT2D eigenvalue weighted by atomic mass is 16.4. The van der Waals surface area contributed by atoms with Crippen LogP contribution in [0.2, 0.25) is 0 Å². The summed E-state index contributed by atoms with van der Waals surface area (Å²) in [6.45, 7) is 0. The lowest BCUT2D eigenvalue weighted by Crippen LogP contribution is -2.29. The third-order valence-electron chi connectivity index (χ3n) is 1.72. The molecule has 0 amide bonds. The smallest absolute Gasteiger partial charge is 0.423 e. The summed E-state index contributed by atoms with van der Waals surface area (Å²) in [6, 6.07) is 3.27. The Morgan fingerprint density at radius 1 is 1.33 bits per heavy atom. The van der Waals surface area contributed by atoms with Crippen molar-refractivity contribution >= 4 is 18.2 Å². The van der Waals surface area contributed by atoms with E-state index in [0.29, 0.717) is 11.1 Å². The third-order valence-corrected chi connectivity index (χ3v) is 1.72. The van der Waals surface area contributed by atoms with Crippen LogP contribution >= 0.6 is 0 Å². The maximum atomic E-state index is 8.84. The van der Waals surface area contributed by atoms with Gasteiger partial charge in [0.2, 0.25) is 0 Å². The largest absolute Gasteiger partial charge is 0.488 e. The van der Waals surface area contributed by atoms with Crippen LogP contribution in [-0.4, -0.2) is 26.6 Å². The first-order chi connectivity index (χ1) is 5.77. The number of hydrogen-bond acceptors (Lipinski definition) is 3. The fourth-order valence-electron chi connectivity index (χ4n) is 1.09. The number of fused-ring (bicyclic) bond motifs is 1. The maximum absolute atomic E-state index is 8.84. The summed E-state index contributed by atoms with van der Waals surface area (Å²) in [4.78, 5) is 4.00. The van der Waals surface area contributed by atoms with Crippen LogP contribution < -0.4 is 5.46 Å². The zero-order valence-electron chi connectivity index (χ0n) is 6.25. The molecule has 0 saturated heterocycles. The van der Waals surface area contributed by atoms with Gasteiger partial charge in [0.05, 0.1) is 0 Å². The van der Waals surface area contributed by atoms with Gasteiger partial charge >= 0.3 is 7.12 Å². The molecule has 0 aliphatic carbocycles. The Kier molecular flexibility index (Phi) is 1.60. The van der Waals surface area contributed by atoms with E-state index in [9.17, 15) is 0 Å². The SMILES string of the molecule is OB(O)c1ccn2ccnc2c1. The number of nitrogens with zero attached hydrogens (tertiary/aromatic N) is 2. The molecule has 0 fully saturated rings. The van der Waals surface area contributed by atoms with Crippen molar-refractivity contribution in [1.82, 2.24) is 9.38 Å². The average molecular weight is 162 g/mol. The van der Waals surface area contributed by atoms with Gasteiger partial charge in [0.1, 0.15) is 5.65 Å². The van der Waals surface area contributed by atoms with E-state index in [1.165, 1.54) is 0 Å². The second-order valence-electron chi connectivity index (χ2n) is 2.53. The number of imidazole rings is 1. The molecule has 2 N–H and O–H groups in total. The predicted molar refractivity (Wildman–Crippen MR) is 45.0 cm³/mol. The third kappa shape index (κ3) is 1.09. The van der Waals surface area contributed by atoms with Crippen molar-refractivity contribution in [3.05, 3.63) is 30.7 Å². The van der Waals surface area contributed by atoms with Crippen LogP contribution in [0.1, 0.15) is 0 Å². The fourth-order valence-corrected chi connectivity index (χ4v) is 1.09. The molecule has 2 aromatic rings. The molecule has 0 aliphatic heterocycles. The Hall–Kier alpha value is -1.33. The minimum absolute atomic E-state index is 0.453. The first kappa shape index (κ1) is 7.33. The van der Waals surface area contributed by atoms with Gasteiger partial charge in [0, 0.05) is 18.6 Å². The molecule has 0 bridgehead atoms. The molecule has 0 atom stereocenters. The van der Waals surface area contributed by atoms with Crippen LogP contribution in [0.5, 0.6) is 0 Å². The van der Waals surface area contributed by atoms with Crippen molar-refractivity contribution in [3.8, 4) is 0 Å². The van der Waals surface area contributed by atoms with Crippen LogP contribution in [0.3, 0.4) is 0 Å². The molecule has 2 aromatic heterocycles. The normalized spacial score (nSPS) is 10.5. The molecular formula is C7H7BN2O2. The van der Waals surface area contributed by atoms with Crippen LogP contribution in [0, 0.1) is 0 Å². The van der Waals surface area contributed by atoms with Crippen molar-refractivity contribution in [2.45, 2.75) is 0 Å². The Morgan fingerprint density at radius 3 is 2.92 bits per heavy atom. The van der Waals surface area contributed by atoms with Gasteiger partial charge in [0.25, 0.3) is 0 Å². The van der Waals surface area contributed by atoms with Gasteiger partial charge in [-0.05, 0) is 17.6 Å². The van der Waals surface area contributed by atoms with Crippen molar-refractivity contribution in [3.63, 3.8) is 0 Å². The highest BCUT2D eigenvalue weighted by Gasteiger charge is 2.10. The molecule has 0 saturated carbocycles. The highest BCUT2D eigenvalue weighted by molar-refractivity contribution is 6.58. The van der Waals surface area contributed by atoms with Crippen LogP contribution in [0.25, 0.3) is 5.65 Å². The average Bonchev–Trinajstić information content (AvgIpc) is 2.49. The summed E-state index contributed by atoms with van der Waals surface area (Å²) in [7, 11) is -1.42. The lowest BCUT2D eigenvalue weighted by Gasteiger charge is -1.98. The Labute approximate surface area is 69.3 Å². The van der Waals surface area contributed by atoms with E-state index in [1.54, 1.807) is 35.1 Å². The predicted octanol–water partition coefficient (Wildman–Crippen LogP) is -0.986. The monoisotopic (exact) mass is 162 g/mol. The van der Waals surface area contributed by atoms with Gasteiger partial charge in [-0.25, -0.2) is 4.98 Å². The molecule has 2 heterocycles. The van der Waals surface area contributed by atoms with E-state index < -0.39 is 7.12 Å². The fraction of sp³-hybridized carbons (Fsp3) is 0. The maximum Gasteiger partial charge on any atom is 0.488 e. The second-order valence-corrected chi connectivity index (χ2v) is 2.53. The molecular weight excluding hydrogens is 155 g/mol. The molecule has 0 spiro atoms. The van der Waals surface area contributed by atoms with Gasteiger partial charge in [0.15, 0.2) is 0 Å². The van der Waals surface area contributed by atoms with Crippen LogP contribution in [-0.2, 0) is 0 Å². The van der Waals surface area contributed by atoms with E-state index in [1.807, 2.05) is 0 Å². The van der Waals surface area contributed by atoms with Crippen molar-refractivity contribution in [2.75, 3.05) is 0 Å². The van der Waals surface area contributed by atoms with Crippen molar-refractivity contribution in [1.29, 1.82) is 0 Å². The van der Waals surface area contributed by atoms with Crippen LogP contribution in [0.4, 0.5) is 0 Å². The Bertz CT molecular complexity index is 399. The van der Waals surface area contributed by atoms with Gasteiger partial charge in [-0.15, -0.1) is 0 Å². The molecule has 0 aliphatic rings. The molecule has 0 radical (unpaired) electrons. The summed E-state index contributed by atoms with van der Waals surface area (Å²) in [5.74, 6) is 0. The zero-order valence-corrected chi connectivity index (χ0v) is 6.25. The number of rotatable bonds is 1. The summed E-state index contributed by atoms with van der Waals surface area (Å²) in [5.41, 5.74) is 1.16. The first-order valence-electron chi connectivity index (χ1n) is 3.56. The quantitative estimate of drug-likeness (QED) is 0.529. The molecule has 12 heavy (non-hydrogen) atoms. The van der Waals surface area contributed by atoms with Crippen LogP contribution in [0.15, 0.2) is 30.7 Å². The van der Waals surface area contributed by atoms with E-state index >= 15 is 0 Å². The van der Waals surface area contributed by atoms with E-state index in [-0.39, 0.29) is 0 Å². The molecule has 4 nitrogen and oxygen atoms in total. The topological polar surface area (TPSA) is 57.8 Å². The second kappa shape index (κ2) is 2.62. The van der Waals surface area contributed by atoms with E-state index in [2.05, 4.69) is 4.98 Å². The van der Waals surface area contributed by atoms with E-state index in [4.69, 9.17) is 10.0 Å². The minimum atomic E-state index is -1.42. The summed E-state index contributed by atoms with van der Waals surface area (Å²) in [6.07, 6.45) is 5.18.